The number of likely N-dealkylation sites (N-methyl/N-ethyl adjacent to an activating group) is 1. The van der Waals surface area contributed by atoms with Crippen molar-refractivity contribution in [1.82, 2.24) is 19.8 Å². The van der Waals surface area contributed by atoms with Gasteiger partial charge in [-0.25, -0.2) is 4.98 Å². The van der Waals surface area contributed by atoms with Gasteiger partial charge in [0.1, 0.15) is 11.2 Å². The third-order valence-corrected chi connectivity index (χ3v) is 5.71. The minimum Gasteiger partial charge on any atom is -0.443 e. The van der Waals surface area contributed by atoms with E-state index in [9.17, 15) is 9.59 Å². The quantitative estimate of drug-likeness (QED) is 0.463. The summed E-state index contributed by atoms with van der Waals surface area (Å²) in [5, 5.41) is 2.97. The molecular weight excluding hydrogens is 404 g/mol. The molecule has 1 N–H and O–H groups in total. The van der Waals surface area contributed by atoms with Gasteiger partial charge in [-0.3, -0.25) is 9.59 Å². The first-order valence-corrected chi connectivity index (χ1v) is 10.6. The van der Waals surface area contributed by atoms with Crippen LogP contribution >= 0.6 is 0 Å². The van der Waals surface area contributed by atoms with Crippen LogP contribution in [0.25, 0.3) is 11.1 Å². The average Bonchev–Trinajstić information content (AvgIpc) is 3.46. The molecule has 0 aliphatic carbocycles. The summed E-state index contributed by atoms with van der Waals surface area (Å²) in [4.78, 5) is 31.7. The molecule has 2 aromatic carbocycles. The molecule has 0 bridgehead atoms. The number of aromatic nitrogens is 2. The van der Waals surface area contributed by atoms with Gasteiger partial charge in [-0.05, 0) is 42.7 Å². The fraction of sp³-hybridized carbons (Fsp3) is 0.240. The Bertz CT molecular complexity index is 1210. The van der Waals surface area contributed by atoms with Crippen LogP contribution in [0.5, 0.6) is 0 Å². The Hall–Kier alpha value is -3.87. The number of fused-ring (bicyclic) bond motifs is 1. The molecule has 0 aliphatic rings. The van der Waals surface area contributed by atoms with E-state index in [1.165, 1.54) is 6.39 Å². The highest BCUT2D eigenvalue weighted by Crippen LogP contribution is 2.21. The Morgan fingerprint density at radius 2 is 1.91 bits per heavy atom. The number of para-hydroxylation sites is 1. The van der Waals surface area contributed by atoms with Crippen molar-refractivity contribution in [2.75, 3.05) is 13.6 Å². The lowest BCUT2D eigenvalue weighted by molar-refractivity contribution is 0.0723. The van der Waals surface area contributed by atoms with Crippen LogP contribution in [0.3, 0.4) is 0 Å². The van der Waals surface area contributed by atoms with Crippen LogP contribution in [0.15, 0.2) is 77.7 Å². The zero-order chi connectivity index (χ0) is 22.5. The van der Waals surface area contributed by atoms with E-state index in [1.807, 2.05) is 55.7 Å². The number of hydrogen-bond acceptors (Lipinski definition) is 4. The van der Waals surface area contributed by atoms with Gasteiger partial charge in [0.2, 0.25) is 0 Å². The molecule has 4 rings (SSSR count). The molecule has 0 aliphatic heterocycles. The summed E-state index contributed by atoms with van der Waals surface area (Å²) in [5.74, 6) is -0.265. The summed E-state index contributed by atoms with van der Waals surface area (Å²) < 4.78 is 7.25. The first kappa shape index (κ1) is 21.4. The lowest BCUT2D eigenvalue weighted by atomic mass is 10.0. The standard InChI is InChI=1S/C25H26N4O3/c1-28-15-7-12-22(28)24(30)26-14-13-19(16-18-8-4-3-5-9-18)29(2)25(31)20-10-6-11-21-23(20)32-17-27-21/h3-12,15,17,19H,13-14,16H2,1-2H3,(H,26,30)/t19-/m1/s1. The van der Waals surface area contributed by atoms with E-state index in [2.05, 4.69) is 10.3 Å². The second-order valence-electron chi connectivity index (χ2n) is 7.81. The molecule has 0 saturated carbocycles. The minimum absolute atomic E-state index is 0.114. The molecule has 0 radical (unpaired) electrons. The zero-order valence-corrected chi connectivity index (χ0v) is 18.2. The van der Waals surface area contributed by atoms with Crippen LogP contribution in [-0.4, -0.2) is 45.9 Å². The smallest absolute Gasteiger partial charge is 0.267 e. The predicted octanol–water partition coefficient (Wildman–Crippen LogP) is 3.67. The molecule has 7 heteroatoms. The number of benzene rings is 2. The highest BCUT2D eigenvalue weighted by Gasteiger charge is 2.24. The molecule has 1 atom stereocenters. The van der Waals surface area contributed by atoms with E-state index in [0.29, 0.717) is 41.7 Å². The highest BCUT2D eigenvalue weighted by molar-refractivity contribution is 6.04. The molecule has 164 valence electrons. The van der Waals surface area contributed by atoms with Crippen molar-refractivity contribution in [3.05, 3.63) is 90.1 Å². The largest absolute Gasteiger partial charge is 0.443 e. The fourth-order valence-electron chi connectivity index (χ4n) is 3.87. The fourth-order valence-corrected chi connectivity index (χ4v) is 3.87. The van der Waals surface area contributed by atoms with E-state index >= 15 is 0 Å². The van der Waals surface area contributed by atoms with E-state index < -0.39 is 0 Å². The first-order chi connectivity index (χ1) is 15.5. The third kappa shape index (κ3) is 4.56. The molecule has 32 heavy (non-hydrogen) atoms. The topological polar surface area (TPSA) is 80.4 Å². The van der Waals surface area contributed by atoms with Crippen molar-refractivity contribution >= 4 is 22.9 Å². The molecular formula is C25H26N4O3. The van der Waals surface area contributed by atoms with Gasteiger partial charge in [0.05, 0.1) is 5.56 Å². The number of nitrogens with zero attached hydrogens (tertiary/aromatic N) is 3. The number of amides is 2. The summed E-state index contributed by atoms with van der Waals surface area (Å²) in [6.07, 6.45) is 4.47. The lowest BCUT2D eigenvalue weighted by Gasteiger charge is -2.29. The van der Waals surface area contributed by atoms with E-state index in [-0.39, 0.29) is 17.9 Å². The average molecular weight is 431 g/mol. The van der Waals surface area contributed by atoms with Gasteiger partial charge in [0.25, 0.3) is 11.8 Å². The molecule has 7 nitrogen and oxygen atoms in total. The molecule has 2 amide bonds. The summed E-state index contributed by atoms with van der Waals surface area (Å²) >= 11 is 0. The molecule has 2 heterocycles. The molecule has 4 aromatic rings. The third-order valence-electron chi connectivity index (χ3n) is 5.71. The number of oxazole rings is 1. The van der Waals surface area contributed by atoms with Crippen molar-refractivity contribution < 1.29 is 14.0 Å². The number of hydrogen-bond donors (Lipinski definition) is 1. The maximum atomic E-state index is 13.4. The van der Waals surface area contributed by atoms with Crippen LogP contribution in [-0.2, 0) is 13.5 Å². The Kier molecular flexibility index (Phi) is 6.35. The first-order valence-electron chi connectivity index (χ1n) is 10.6. The van der Waals surface area contributed by atoms with E-state index in [1.54, 1.807) is 34.7 Å². The molecule has 0 saturated heterocycles. The lowest BCUT2D eigenvalue weighted by Crippen LogP contribution is -2.41. The highest BCUT2D eigenvalue weighted by atomic mass is 16.3. The van der Waals surface area contributed by atoms with Crippen molar-refractivity contribution in [2.24, 2.45) is 7.05 Å². The van der Waals surface area contributed by atoms with Gasteiger partial charge in [0.15, 0.2) is 12.0 Å². The van der Waals surface area contributed by atoms with Crippen LogP contribution in [0.4, 0.5) is 0 Å². The Morgan fingerprint density at radius 1 is 1.09 bits per heavy atom. The summed E-state index contributed by atoms with van der Waals surface area (Å²) in [6.45, 7) is 0.450. The van der Waals surface area contributed by atoms with E-state index in [4.69, 9.17) is 4.42 Å². The second kappa shape index (κ2) is 9.51. The summed E-state index contributed by atoms with van der Waals surface area (Å²) in [6, 6.07) is 18.9. The molecule has 2 aromatic heterocycles. The number of rotatable bonds is 8. The Balaban J connectivity index is 1.50. The monoisotopic (exact) mass is 430 g/mol. The second-order valence-corrected chi connectivity index (χ2v) is 7.81. The van der Waals surface area contributed by atoms with Gasteiger partial charge < -0.3 is 19.2 Å². The minimum atomic E-state index is -0.137. The normalized spacial score (nSPS) is 11.9. The van der Waals surface area contributed by atoms with Crippen molar-refractivity contribution in [2.45, 2.75) is 18.9 Å². The van der Waals surface area contributed by atoms with Crippen LogP contribution < -0.4 is 5.32 Å². The molecule has 0 spiro atoms. The number of carbonyl (C=O) groups excluding carboxylic acids is 2. The van der Waals surface area contributed by atoms with E-state index in [0.717, 1.165) is 5.56 Å². The maximum Gasteiger partial charge on any atom is 0.267 e. The Labute approximate surface area is 186 Å². The number of carbonyl (C=O) groups is 2. The van der Waals surface area contributed by atoms with Crippen molar-refractivity contribution in [3.63, 3.8) is 0 Å². The molecule has 0 unspecified atom stereocenters. The van der Waals surface area contributed by atoms with Crippen LogP contribution in [0.2, 0.25) is 0 Å². The van der Waals surface area contributed by atoms with Crippen LogP contribution in [0.1, 0.15) is 32.8 Å². The number of aryl methyl sites for hydroxylation is 1. The van der Waals surface area contributed by atoms with Gasteiger partial charge in [0, 0.05) is 32.9 Å². The predicted molar refractivity (Wildman–Crippen MR) is 122 cm³/mol. The van der Waals surface area contributed by atoms with Gasteiger partial charge in [-0.2, -0.15) is 0 Å². The van der Waals surface area contributed by atoms with Crippen molar-refractivity contribution in [3.8, 4) is 0 Å². The molecule has 0 fully saturated rings. The number of nitrogens with one attached hydrogen (secondary N) is 1. The summed E-state index contributed by atoms with van der Waals surface area (Å²) in [5.41, 5.74) is 3.35. The SMILES string of the molecule is CN(C(=O)c1cccc2ncoc12)[C@H](CCNC(=O)c1cccn1C)Cc1ccccc1. The Morgan fingerprint density at radius 3 is 2.66 bits per heavy atom. The van der Waals surface area contributed by atoms with Crippen molar-refractivity contribution in [1.29, 1.82) is 0 Å². The van der Waals surface area contributed by atoms with Crippen LogP contribution in [0, 0.1) is 0 Å². The van der Waals surface area contributed by atoms with Gasteiger partial charge >= 0.3 is 0 Å². The maximum absolute atomic E-state index is 13.4. The van der Waals surface area contributed by atoms with Gasteiger partial charge in [-0.1, -0.05) is 36.4 Å². The zero-order valence-electron chi connectivity index (χ0n) is 18.2. The van der Waals surface area contributed by atoms with Gasteiger partial charge in [-0.15, -0.1) is 0 Å². The summed E-state index contributed by atoms with van der Waals surface area (Å²) in [7, 11) is 3.63.